The minimum atomic E-state index is 0.221. The van der Waals surface area contributed by atoms with Gasteiger partial charge in [0.15, 0.2) is 0 Å². The van der Waals surface area contributed by atoms with E-state index in [2.05, 4.69) is 22.1 Å². The van der Waals surface area contributed by atoms with Crippen LogP contribution in [0.2, 0.25) is 0 Å². The Bertz CT molecular complexity index is 333. The van der Waals surface area contributed by atoms with E-state index in [-0.39, 0.29) is 5.75 Å². The van der Waals surface area contributed by atoms with Crippen LogP contribution in [0.15, 0.2) is 18.3 Å². The van der Waals surface area contributed by atoms with Crippen molar-refractivity contribution in [2.45, 2.75) is 32.4 Å². The molecule has 1 atom stereocenters. The second kappa shape index (κ2) is 5.98. The smallest absolute Gasteiger partial charge is 0.133 e. The molecule has 1 aliphatic rings. The molecule has 2 rings (SSSR count). The third kappa shape index (κ3) is 3.98. The van der Waals surface area contributed by atoms with E-state index in [1.54, 1.807) is 6.07 Å². The molecule has 94 valence electrons. The molecule has 0 saturated carbocycles. The summed E-state index contributed by atoms with van der Waals surface area (Å²) in [6.45, 7) is 6.55. The minimum absolute atomic E-state index is 0.221. The molecule has 1 saturated heterocycles. The SMILES string of the molecule is CC(CN1CCCC1)NCc1ccc(O)cn1. The van der Waals surface area contributed by atoms with Crippen molar-refractivity contribution in [3.63, 3.8) is 0 Å². The molecule has 1 fully saturated rings. The summed E-state index contributed by atoms with van der Waals surface area (Å²) < 4.78 is 0. The van der Waals surface area contributed by atoms with Crippen LogP contribution >= 0.6 is 0 Å². The topological polar surface area (TPSA) is 48.4 Å². The van der Waals surface area contributed by atoms with Crippen molar-refractivity contribution in [1.82, 2.24) is 15.2 Å². The molecule has 2 N–H and O–H groups in total. The molecule has 4 heteroatoms. The number of nitrogens with one attached hydrogen (secondary N) is 1. The van der Waals surface area contributed by atoms with Crippen LogP contribution in [0.3, 0.4) is 0 Å². The summed E-state index contributed by atoms with van der Waals surface area (Å²) in [6, 6.07) is 4.00. The van der Waals surface area contributed by atoms with Gasteiger partial charge in [0.1, 0.15) is 5.75 Å². The number of hydrogen-bond donors (Lipinski definition) is 2. The van der Waals surface area contributed by atoms with Crippen LogP contribution in [0.4, 0.5) is 0 Å². The van der Waals surface area contributed by atoms with Gasteiger partial charge in [0, 0.05) is 19.1 Å². The number of hydrogen-bond acceptors (Lipinski definition) is 4. The molecule has 0 aliphatic carbocycles. The summed E-state index contributed by atoms with van der Waals surface area (Å²) >= 11 is 0. The zero-order valence-corrected chi connectivity index (χ0v) is 10.4. The van der Waals surface area contributed by atoms with Crippen LogP contribution in [0.5, 0.6) is 5.75 Å². The van der Waals surface area contributed by atoms with E-state index in [0.29, 0.717) is 6.04 Å². The van der Waals surface area contributed by atoms with Crippen LogP contribution in [-0.4, -0.2) is 40.7 Å². The maximum Gasteiger partial charge on any atom is 0.133 e. The molecule has 1 aliphatic heterocycles. The Labute approximate surface area is 103 Å². The first kappa shape index (κ1) is 12.3. The largest absolute Gasteiger partial charge is 0.506 e. The van der Waals surface area contributed by atoms with Gasteiger partial charge in [-0.15, -0.1) is 0 Å². The lowest BCUT2D eigenvalue weighted by Crippen LogP contribution is -2.37. The van der Waals surface area contributed by atoms with E-state index in [1.807, 2.05) is 6.07 Å². The van der Waals surface area contributed by atoms with E-state index in [1.165, 1.54) is 32.1 Å². The van der Waals surface area contributed by atoms with Gasteiger partial charge in [-0.2, -0.15) is 0 Å². The lowest BCUT2D eigenvalue weighted by Gasteiger charge is -2.21. The van der Waals surface area contributed by atoms with Gasteiger partial charge in [0.05, 0.1) is 11.9 Å². The predicted octanol–water partition coefficient (Wildman–Crippen LogP) is 1.36. The van der Waals surface area contributed by atoms with E-state index in [0.717, 1.165) is 18.8 Å². The summed E-state index contributed by atoms with van der Waals surface area (Å²) in [5.74, 6) is 0.221. The third-order valence-corrected chi connectivity index (χ3v) is 3.17. The van der Waals surface area contributed by atoms with Gasteiger partial charge >= 0.3 is 0 Å². The summed E-state index contributed by atoms with van der Waals surface area (Å²) in [5.41, 5.74) is 0.969. The highest BCUT2D eigenvalue weighted by Crippen LogP contribution is 2.08. The highest BCUT2D eigenvalue weighted by molar-refractivity contribution is 5.17. The first-order chi connectivity index (χ1) is 8.24. The Morgan fingerprint density at radius 3 is 2.82 bits per heavy atom. The van der Waals surface area contributed by atoms with Crippen molar-refractivity contribution in [3.8, 4) is 5.75 Å². The molecule has 0 amide bonds. The van der Waals surface area contributed by atoms with Gasteiger partial charge in [-0.25, -0.2) is 0 Å². The summed E-state index contributed by atoms with van der Waals surface area (Å²) in [4.78, 5) is 6.66. The molecule has 1 aromatic rings. The van der Waals surface area contributed by atoms with E-state index >= 15 is 0 Å². The standard InChI is InChI=1S/C13H21N3O/c1-11(10-16-6-2-3-7-16)14-8-12-4-5-13(17)9-15-12/h4-5,9,11,14,17H,2-3,6-8,10H2,1H3. The Hall–Kier alpha value is -1.13. The summed E-state index contributed by atoms with van der Waals surface area (Å²) in [7, 11) is 0. The molecule has 0 bridgehead atoms. The number of aromatic hydroxyl groups is 1. The van der Waals surface area contributed by atoms with Crippen LogP contribution in [0.1, 0.15) is 25.5 Å². The lowest BCUT2D eigenvalue weighted by molar-refractivity contribution is 0.298. The number of likely N-dealkylation sites (tertiary alicyclic amines) is 1. The highest BCUT2D eigenvalue weighted by atomic mass is 16.3. The highest BCUT2D eigenvalue weighted by Gasteiger charge is 2.14. The number of nitrogens with zero attached hydrogens (tertiary/aromatic N) is 2. The number of pyridine rings is 1. The summed E-state index contributed by atoms with van der Waals surface area (Å²) in [6.07, 6.45) is 4.17. The maximum absolute atomic E-state index is 9.13. The fourth-order valence-electron chi connectivity index (χ4n) is 2.22. The van der Waals surface area contributed by atoms with E-state index in [4.69, 9.17) is 5.11 Å². The van der Waals surface area contributed by atoms with Gasteiger partial charge in [-0.05, 0) is 45.0 Å². The zero-order chi connectivity index (χ0) is 12.1. The molecule has 1 aromatic heterocycles. The van der Waals surface area contributed by atoms with E-state index < -0.39 is 0 Å². The molecule has 17 heavy (non-hydrogen) atoms. The monoisotopic (exact) mass is 235 g/mol. The van der Waals surface area contributed by atoms with Crippen LogP contribution in [0.25, 0.3) is 0 Å². The van der Waals surface area contributed by atoms with Gasteiger partial charge < -0.3 is 15.3 Å². The van der Waals surface area contributed by atoms with Crippen molar-refractivity contribution in [2.24, 2.45) is 0 Å². The average Bonchev–Trinajstić information content (AvgIpc) is 2.81. The average molecular weight is 235 g/mol. The Kier molecular flexibility index (Phi) is 4.34. The quantitative estimate of drug-likeness (QED) is 0.809. The molecule has 1 unspecified atom stereocenters. The third-order valence-electron chi connectivity index (χ3n) is 3.17. The second-order valence-electron chi connectivity index (χ2n) is 4.80. The molecule has 0 radical (unpaired) electrons. The first-order valence-electron chi connectivity index (χ1n) is 6.33. The molecule has 2 heterocycles. The van der Waals surface area contributed by atoms with Crippen LogP contribution in [-0.2, 0) is 6.54 Å². The van der Waals surface area contributed by atoms with Gasteiger partial charge in [-0.3, -0.25) is 4.98 Å². The molecule has 0 aromatic carbocycles. The van der Waals surface area contributed by atoms with E-state index in [9.17, 15) is 0 Å². The van der Waals surface area contributed by atoms with Crippen molar-refractivity contribution in [1.29, 1.82) is 0 Å². The molecule has 0 spiro atoms. The Balaban J connectivity index is 1.71. The lowest BCUT2D eigenvalue weighted by atomic mass is 10.3. The number of aromatic nitrogens is 1. The zero-order valence-electron chi connectivity index (χ0n) is 10.4. The van der Waals surface area contributed by atoms with Crippen molar-refractivity contribution in [3.05, 3.63) is 24.0 Å². The fraction of sp³-hybridized carbons (Fsp3) is 0.615. The van der Waals surface area contributed by atoms with Crippen molar-refractivity contribution >= 4 is 0 Å². The Morgan fingerprint density at radius 2 is 2.18 bits per heavy atom. The van der Waals surface area contributed by atoms with Crippen LogP contribution < -0.4 is 5.32 Å². The molecular formula is C13H21N3O. The van der Waals surface area contributed by atoms with Crippen molar-refractivity contribution in [2.75, 3.05) is 19.6 Å². The molecular weight excluding hydrogens is 214 g/mol. The summed E-state index contributed by atoms with van der Waals surface area (Å²) in [5, 5.41) is 12.6. The van der Waals surface area contributed by atoms with Crippen molar-refractivity contribution < 1.29 is 5.11 Å². The van der Waals surface area contributed by atoms with Gasteiger partial charge in [-0.1, -0.05) is 0 Å². The predicted molar refractivity (Wildman–Crippen MR) is 67.9 cm³/mol. The normalized spacial score (nSPS) is 18.4. The fourth-order valence-corrected chi connectivity index (χ4v) is 2.22. The minimum Gasteiger partial charge on any atom is -0.506 e. The Morgan fingerprint density at radius 1 is 1.41 bits per heavy atom. The van der Waals surface area contributed by atoms with Gasteiger partial charge in [0.2, 0.25) is 0 Å². The molecule has 4 nitrogen and oxygen atoms in total. The maximum atomic E-state index is 9.13. The first-order valence-corrected chi connectivity index (χ1v) is 6.33. The second-order valence-corrected chi connectivity index (χ2v) is 4.80. The number of rotatable bonds is 5. The van der Waals surface area contributed by atoms with Crippen LogP contribution in [0, 0.1) is 0 Å². The van der Waals surface area contributed by atoms with Gasteiger partial charge in [0.25, 0.3) is 0 Å².